The van der Waals surface area contributed by atoms with E-state index in [9.17, 15) is 5.11 Å². The molecule has 19 heavy (non-hydrogen) atoms. The van der Waals surface area contributed by atoms with Crippen molar-refractivity contribution in [2.75, 3.05) is 0 Å². The summed E-state index contributed by atoms with van der Waals surface area (Å²) in [7, 11) is 0. The van der Waals surface area contributed by atoms with Gasteiger partial charge in [-0.2, -0.15) is 0 Å². The molecule has 0 aliphatic heterocycles. The summed E-state index contributed by atoms with van der Waals surface area (Å²) in [5.41, 5.74) is 0.638. The van der Waals surface area contributed by atoms with Crippen LogP contribution in [0.4, 0.5) is 0 Å². The number of hydrogen-bond donors (Lipinski definition) is 1. The van der Waals surface area contributed by atoms with E-state index in [0.29, 0.717) is 5.41 Å². The minimum Gasteiger partial charge on any atom is -0.387 e. The Morgan fingerprint density at radius 2 is 1.95 bits per heavy atom. The average Bonchev–Trinajstić information content (AvgIpc) is 2.71. The first kappa shape index (κ1) is 12.7. The van der Waals surface area contributed by atoms with Crippen molar-refractivity contribution >= 4 is 22.9 Å². The van der Waals surface area contributed by atoms with E-state index in [0.717, 1.165) is 21.0 Å². The Bertz CT molecular complexity index is 495. The zero-order valence-corrected chi connectivity index (χ0v) is 12.9. The molecule has 0 spiro atoms. The highest BCUT2D eigenvalue weighted by atomic mass is 35.5. The van der Waals surface area contributed by atoms with Crippen LogP contribution in [0.1, 0.15) is 56.4 Å². The molecule has 0 radical (unpaired) electrons. The molecule has 4 bridgehead atoms. The molecule has 3 unspecified atom stereocenters. The van der Waals surface area contributed by atoms with Crippen molar-refractivity contribution < 1.29 is 5.11 Å². The summed E-state index contributed by atoms with van der Waals surface area (Å²) in [4.78, 5) is 1.08. The van der Waals surface area contributed by atoms with Gasteiger partial charge in [-0.15, -0.1) is 11.3 Å². The number of rotatable bonds is 2. The van der Waals surface area contributed by atoms with Crippen LogP contribution in [0.15, 0.2) is 12.1 Å². The molecule has 4 fully saturated rings. The van der Waals surface area contributed by atoms with Gasteiger partial charge in [0.25, 0.3) is 0 Å². The summed E-state index contributed by atoms with van der Waals surface area (Å²) in [6, 6.07) is 3.95. The lowest BCUT2D eigenvalue weighted by atomic mass is 9.43. The van der Waals surface area contributed by atoms with E-state index in [4.69, 9.17) is 11.6 Å². The van der Waals surface area contributed by atoms with E-state index in [-0.39, 0.29) is 11.5 Å². The van der Waals surface area contributed by atoms with Gasteiger partial charge < -0.3 is 5.11 Å². The topological polar surface area (TPSA) is 20.2 Å². The molecule has 0 saturated heterocycles. The van der Waals surface area contributed by atoms with Crippen molar-refractivity contribution in [1.82, 2.24) is 0 Å². The van der Waals surface area contributed by atoms with E-state index in [1.807, 2.05) is 12.1 Å². The van der Waals surface area contributed by atoms with Crippen LogP contribution in [0, 0.1) is 22.7 Å². The van der Waals surface area contributed by atoms with Crippen molar-refractivity contribution in [3.8, 4) is 0 Å². The first-order chi connectivity index (χ1) is 8.98. The van der Waals surface area contributed by atoms with Crippen LogP contribution in [0.2, 0.25) is 4.34 Å². The first-order valence-electron chi connectivity index (χ1n) is 7.41. The van der Waals surface area contributed by atoms with E-state index in [1.165, 1.54) is 38.5 Å². The monoisotopic (exact) mass is 296 g/mol. The molecule has 1 heterocycles. The molecule has 1 nitrogen and oxygen atoms in total. The third kappa shape index (κ3) is 1.91. The second-order valence-electron chi connectivity index (χ2n) is 7.68. The fourth-order valence-electron chi connectivity index (χ4n) is 5.89. The fourth-order valence-corrected chi connectivity index (χ4v) is 7.08. The molecule has 4 saturated carbocycles. The summed E-state index contributed by atoms with van der Waals surface area (Å²) in [6.07, 6.45) is 7.58. The molecule has 4 aliphatic carbocycles. The molecule has 1 aromatic rings. The van der Waals surface area contributed by atoms with Crippen LogP contribution in [0.25, 0.3) is 0 Å². The SMILES string of the molecule is CC12CC3CC(C1)CC(C(O)c1ccc(Cl)s1)(C3)C2. The maximum Gasteiger partial charge on any atom is 0.0938 e. The maximum atomic E-state index is 11.0. The van der Waals surface area contributed by atoms with Gasteiger partial charge in [-0.25, -0.2) is 0 Å². The van der Waals surface area contributed by atoms with E-state index >= 15 is 0 Å². The van der Waals surface area contributed by atoms with Crippen LogP contribution < -0.4 is 0 Å². The third-order valence-corrected chi connectivity index (χ3v) is 7.13. The quantitative estimate of drug-likeness (QED) is 0.810. The van der Waals surface area contributed by atoms with Gasteiger partial charge in [-0.1, -0.05) is 18.5 Å². The molecule has 1 aromatic heterocycles. The minimum atomic E-state index is -0.296. The number of hydrogen-bond acceptors (Lipinski definition) is 2. The Morgan fingerprint density at radius 1 is 1.26 bits per heavy atom. The molecule has 104 valence electrons. The molecule has 0 aromatic carbocycles. The summed E-state index contributed by atoms with van der Waals surface area (Å²) < 4.78 is 0.796. The summed E-state index contributed by atoms with van der Waals surface area (Å²) in [5.74, 6) is 1.72. The lowest BCUT2D eigenvalue weighted by molar-refractivity contribution is -0.154. The molecule has 1 N–H and O–H groups in total. The van der Waals surface area contributed by atoms with E-state index in [2.05, 4.69) is 6.92 Å². The molecule has 3 heteroatoms. The molecule has 0 amide bonds. The normalized spacial score (nSPS) is 45.6. The van der Waals surface area contributed by atoms with Crippen molar-refractivity contribution in [2.24, 2.45) is 22.7 Å². The maximum absolute atomic E-state index is 11.0. The zero-order chi connectivity index (χ0) is 13.3. The summed E-state index contributed by atoms with van der Waals surface area (Å²) in [6.45, 7) is 2.45. The lowest BCUT2D eigenvalue weighted by Gasteiger charge is -2.62. The highest BCUT2D eigenvalue weighted by Crippen LogP contribution is 2.68. The second kappa shape index (κ2) is 3.99. The summed E-state index contributed by atoms with van der Waals surface area (Å²) in [5, 5.41) is 11.0. The van der Waals surface area contributed by atoms with Crippen LogP contribution in [0.5, 0.6) is 0 Å². The van der Waals surface area contributed by atoms with Crippen molar-refractivity contribution in [3.05, 3.63) is 21.3 Å². The lowest BCUT2D eigenvalue weighted by Crippen LogP contribution is -2.52. The predicted molar refractivity (Wildman–Crippen MR) is 79.5 cm³/mol. The van der Waals surface area contributed by atoms with Gasteiger partial charge in [0, 0.05) is 10.3 Å². The van der Waals surface area contributed by atoms with Gasteiger partial charge in [0.15, 0.2) is 0 Å². The Balaban J connectivity index is 1.70. The van der Waals surface area contributed by atoms with Gasteiger partial charge in [-0.3, -0.25) is 0 Å². The second-order valence-corrected chi connectivity index (χ2v) is 9.43. The molecular weight excluding hydrogens is 276 g/mol. The van der Waals surface area contributed by atoms with Gasteiger partial charge in [0.1, 0.15) is 0 Å². The predicted octanol–water partition coefficient (Wildman–Crippen LogP) is 5.04. The van der Waals surface area contributed by atoms with Crippen molar-refractivity contribution in [1.29, 1.82) is 0 Å². The van der Waals surface area contributed by atoms with Gasteiger partial charge in [0.05, 0.1) is 10.4 Å². The van der Waals surface area contributed by atoms with Crippen LogP contribution in [0.3, 0.4) is 0 Å². The Morgan fingerprint density at radius 3 is 2.47 bits per heavy atom. The first-order valence-corrected chi connectivity index (χ1v) is 8.61. The van der Waals surface area contributed by atoms with Gasteiger partial charge in [0.2, 0.25) is 0 Å². The smallest absolute Gasteiger partial charge is 0.0938 e. The summed E-state index contributed by atoms with van der Waals surface area (Å²) >= 11 is 7.61. The number of aliphatic hydroxyl groups excluding tert-OH is 1. The third-order valence-electron chi connectivity index (χ3n) is 5.84. The number of halogens is 1. The van der Waals surface area contributed by atoms with E-state index < -0.39 is 0 Å². The molecule has 4 aliphatic rings. The minimum absolute atomic E-state index is 0.146. The Kier molecular flexibility index (Phi) is 2.66. The highest BCUT2D eigenvalue weighted by Gasteiger charge is 2.58. The van der Waals surface area contributed by atoms with Crippen molar-refractivity contribution in [2.45, 2.75) is 51.6 Å². The number of thiophene rings is 1. The van der Waals surface area contributed by atoms with E-state index in [1.54, 1.807) is 11.3 Å². The standard InChI is InChI=1S/C16H21ClOS/c1-15-5-10-4-11(6-15)8-16(7-10,9-15)14(18)12-2-3-13(17)19-12/h2-3,10-11,14,18H,4-9H2,1H3. The molecule has 5 rings (SSSR count). The Hall–Kier alpha value is -0.0500. The largest absolute Gasteiger partial charge is 0.387 e. The van der Waals surface area contributed by atoms with Crippen LogP contribution in [-0.4, -0.2) is 5.11 Å². The molecule has 3 atom stereocenters. The van der Waals surface area contributed by atoms with Crippen molar-refractivity contribution in [3.63, 3.8) is 0 Å². The number of aliphatic hydroxyl groups is 1. The van der Waals surface area contributed by atoms with Crippen LogP contribution in [-0.2, 0) is 0 Å². The Labute approximate surface area is 124 Å². The zero-order valence-electron chi connectivity index (χ0n) is 11.4. The highest BCUT2D eigenvalue weighted by molar-refractivity contribution is 7.16. The fraction of sp³-hybridized carbons (Fsp3) is 0.750. The van der Waals surface area contributed by atoms with Crippen LogP contribution >= 0.6 is 22.9 Å². The molecular formula is C16H21ClOS. The average molecular weight is 297 g/mol. The van der Waals surface area contributed by atoms with Gasteiger partial charge in [-0.05, 0) is 67.9 Å². The van der Waals surface area contributed by atoms with Gasteiger partial charge >= 0.3 is 0 Å².